The van der Waals surface area contributed by atoms with Crippen LogP contribution in [0, 0.1) is 0 Å². The molecule has 1 unspecified atom stereocenters. The van der Waals surface area contributed by atoms with Gasteiger partial charge in [-0.2, -0.15) is 0 Å². The van der Waals surface area contributed by atoms with Crippen molar-refractivity contribution in [1.29, 1.82) is 0 Å². The number of rotatable bonds is 5. The van der Waals surface area contributed by atoms with Crippen LogP contribution in [0.5, 0.6) is 5.75 Å². The summed E-state index contributed by atoms with van der Waals surface area (Å²) in [5, 5.41) is 11.6. The Morgan fingerprint density at radius 1 is 0.968 bits per heavy atom. The molecule has 0 bridgehead atoms. The van der Waals surface area contributed by atoms with E-state index in [0.717, 1.165) is 0 Å². The molecule has 4 rings (SSSR count). The third-order valence-corrected chi connectivity index (χ3v) is 5.36. The lowest BCUT2D eigenvalue weighted by atomic mass is 9.95. The van der Waals surface area contributed by atoms with Crippen LogP contribution >= 0.6 is 11.6 Å². The van der Waals surface area contributed by atoms with Crippen molar-refractivity contribution < 1.29 is 19.4 Å². The predicted molar refractivity (Wildman–Crippen MR) is 120 cm³/mol. The van der Waals surface area contributed by atoms with E-state index in [1.54, 1.807) is 48.5 Å². The van der Waals surface area contributed by atoms with Crippen LogP contribution < -0.4 is 9.64 Å². The molecule has 3 aromatic rings. The molecule has 0 saturated carbocycles. The van der Waals surface area contributed by atoms with Gasteiger partial charge in [-0.15, -0.1) is 0 Å². The lowest BCUT2D eigenvalue weighted by molar-refractivity contribution is -0.132. The number of carbonyl (C=O) groups excluding carboxylic acids is 2. The molecule has 156 valence electrons. The molecule has 1 amide bonds. The molecular weight excluding hydrogens is 414 g/mol. The zero-order chi connectivity index (χ0) is 22.0. The van der Waals surface area contributed by atoms with Crippen molar-refractivity contribution >= 4 is 34.7 Å². The number of ether oxygens (including phenoxy) is 1. The van der Waals surface area contributed by atoms with Crippen LogP contribution in [0.15, 0.2) is 84.4 Å². The molecule has 31 heavy (non-hydrogen) atoms. The Labute approximate surface area is 185 Å². The molecule has 1 N–H and O–H groups in total. The second-order valence-electron chi connectivity index (χ2n) is 7.01. The summed E-state index contributed by atoms with van der Waals surface area (Å²) in [6.07, 6.45) is 0. The van der Waals surface area contributed by atoms with Gasteiger partial charge in [0.1, 0.15) is 11.5 Å². The van der Waals surface area contributed by atoms with Gasteiger partial charge in [-0.3, -0.25) is 14.5 Å². The van der Waals surface area contributed by atoms with Gasteiger partial charge in [0.05, 0.1) is 18.2 Å². The molecule has 5 nitrogen and oxygen atoms in total. The molecule has 3 aromatic carbocycles. The minimum atomic E-state index is -0.769. The zero-order valence-electron chi connectivity index (χ0n) is 16.8. The normalized spacial score (nSPS) is 17.7. The highest BCUT2D eigenvalue weighted by Crippen LogP contribution is 2.42. The summed E-state index contributed by atoms with van der Waals surface area (Å²) >= 11 is 6.00. The maximum Gasteiger partial charge on any atom is 0.300 e. The van der Waals surface area contributed by atoms with Gasteiger partial charge in [0.2, 0.25) is 0 Å². The third-order valence-electron chi connectivity index (χ3n) is 5.10. The third kappa shape index (κ3) is 3.92. The van der Waals surface area contributed by atoms with E-state index in [4.69, 9.17) is 16.3 Å². The summed E-state index contributed by atoms with van der Waals surface area (Å²) < 4.78 is 5.44. The average Bonchev–Trinajstić information content (AvgIpc) is 3.06. The lowest BCUT2D eigenvalue weighted by Crippen LogP contribution is -2.29. The van der Waals surface area contributed by atoms with Gasteiger partial charge in [0.15, 0.2) is 0 Å². The van der Waals surface area contributed by atoms with Crippen molar-refractivity contribution in [3.8, 4) is 5.75 Å². The first kappa shape index (κ1) is 20.7. The number of halogens is 1. The smallest absolute Gasteiger partial charge is 0.300 e. The van der Waals surface area contributed by atoms with Gasteiger partial charge in [0.25, 0.3) is 11.7 Å². The topological polar surface area (TPSA) is 66.8 Å². The van der Waals surface area contributed by atoms with Gasteiger partial charge in [-0.1, -0.05) is 41.9 Å². The SMILES string of the molecule is CCOc1ccc(/C(O)=C2\C(=O)C(=O)N(c3ccc(Cl)cc3)C2c2ccccc2)cc1. The number of hydrogen-bond donors (Lipinski definition) is 1. The maximum atomic E-state index is 13.1. The number of amides is 1. The number of benzene rings is 3. The second kappa shape index (κ2) is 8.66. The van der Waals surface area contributed by atoms with Crippen LogP contribution in [0.2, 0.25) is 5.02 Å². The van der Waals surface area contributed by atoms with E-state index in [1.165, 1.54) is 4.90 Å². The van der Waals surface area contributed by atoms with Crippen molar-refractivity contribution in [3.05, 3.63) is 101 Å². The molecule has 0 radical (unpaired) electrons. The first-order chi connectivity index (χ1) is 15.0. The van der Waals surface area contributed by atoms with E-state index in [0.29, 0.717) is 34.2 Å². The number of anilines is 1. The number of aliphatic hydroxyl groups is 1. The van der Waals surface area contributed by atoms with Crippen molar-refractivity contribution in [2.45, 2.75) is 13.0 Å². The average molecular weight is 434 g/mol. The minimum Gasteiger partial charge on any atom is -0.507 e. The van der Waals surface area contributed by atoms with E-state index in [1.807, 2.05) is 37.3 Å². The Kier molecular flexibility index (Phi) is 5.78. The van der Waals surface area contributed by atoms with E-state index in [9.17, 15) is 14.7 Å². The fraction of sp³-hybridized carbons (Fsp3) is 0.120. The summed E-state index contributed by atoms with van der Waals surface area (Å²) in [5.74, 6) is -1.02. The first-order valence-electron chi connectivity index (χ1n) is 9.86. The van der Waals surface area contributed by atoms with E-state index in [-0.39, 0.29) is 11.3 Å². The molecule has 1 aliphatic rings. The fourth-order valence-corrected chi connectivity index (χ4v) is 3.81. The van der Waals surface area contributed by atoms with Crippen molar-refractivity contribution in [2.24, 2.45) is 0 Å². The van der Waals surface area contributed by atoms with Gasteiger partial charge < -0.3 is 9.84 Å². The van der Waals surface area contributed by atoms with Crippen molar-refractivity contribution in [1.82, 2.24) is 0 Å². The van der Waals surface area contributed by atoms with Crippen LogP contribution in [-0.2, 0) is 9.59 Å². The predicted octanol–water partition coefficient (Wildman–Crippen LogP) is 5.37. The highest BCUT2D eigenvalue weighted by atomic mass is 35.5. The highest BCUT2D eigenvalue weighted by Gasteiger charge is 2.46. The second-order valence-corrected chi connectivity index (χ2v) is 7.45. The molecule has 1 fully saturated rings. The zero-order valence-corrected chi connectivity index (χ0v) is 17.5. The van der Waals surface area contributed by atoms with Gasteiger partial charge in [-0.05, 0) is 61.0 Å². The molecule has 1 aliphatic heterocycles. The number of ketones is 1. The first-order valence-corrected chi connectivity index (χ1v) is 10.2. The van der Waals surface area contributed by atoms with E-state index >= 15 is 0 Å². The summed E-state index contributed by atoms with van der Waals surface area (Å²) in [6, 6.07) is 21.8. The van der Waals surface area contributed by atoms with Crippen LogP contribution in [-0.4, -0.2) is 23.4 Å². The largest absolute Gasteiger partial charge is 0.507 e. The van der Waals surface area contributed by atoms with Gasteiger partial charge >= 0.3 is 0 Å². The van der Waals surface area contributed by atoms with Crippen molar-refractivity contribution in [3.63, 3.8) is 0 Å². The number of hydrogen-bond acceptors (Lipinski definition) is 4. The Balaban J connectivity index is 1.87. The quantitative estimate of drug-likeness (QED) is 0.334. The number of aliphatic hydroxyl groups excluding tert-OH is 1. The monoisotopic (exact) mass is 433 g/mol. The fourth-order valence-electron chi connectivity index (χ4n) is 3.68. The van der Waals surface area contributed by atoms with Crippen LogP contribution in [0.4, 0.5) is 5.69 Å². The van der Waals surface area contributed by atoms with Crippen LogP contribution in [0.3, 0.4) is 0 Å². The molecule has 0 spiro atoms. The number of nitrogens with zero attached hydrogens (tertiary/aromatic N) is 1. The molecule has 1 atom stereocenters. The molecular formula is C25H20ClNO4. The summed E-state index contributed by atoms with van der Waals surface area (Å²) in [5.41, 5.74) is 1.70. The Morgan fingerprint density at radius 2 is 1.61 bits per heavy atom. The summed E-state index contributed by atoms with van der Waals surface area (Å²) in [4.78, 5) is 27.5. The lowest BCUT2D eigenvalue weighted by Gasteiger charge is -2.25. The molecule has 6 heteroatoms. The van der Waals surface area contributed by atoms with Gasteiger partial charge in [0, 0.05) is 16.3 Å². The van der Waals surface area contributed by atoms with Crippen molar-refractivity contribution in [2.75, 3.05) is 11.5 Å². The number of Topliss-reactive ketones (excluding diaryl/α,β-unsaturated/α-hetero) is 1. The van der Waals surface area contributed by atoms with Gasteiger partial charge in [-0.25, -0.2) is 0 Å². The van der Waals surface area contributed by atoms with E-state index in [2.05, 4.69) is 0 Å². The summed E-state index contributed by atoms with van der Waals surface area (Å²) in [6.45, 7) is 2.40. The van der Waals surface area contributed by atoms with E-state index < -0.39 is 17.7 Å². The van der Waals surface area contributed by atoms with Crippen LogP contribution in [0.25, 0.3) is 5.76 Å². The van der Waals surface area contributed by atoms with Crippen LogP contribution in [0.1, 0.15) is 24.1 Å². The molecule has 0 aliphatic carbocycles. The maximum absolute atomic E-state index is 13.1. The highest BCUT2D eigenvalue weighted by molar-refractivity contribution is 6.51. The molecule has 1 saturated heterocycles. The Bertz CT molecular complexity index is 1140. The summed E-state index contributed by atoms with van der Waals surface area (Å²) in [7, 11) is 0. The Hall–Kier alpha value is -3.57. The number of carbonyl (C=O) groups is 2. The minimum absolute atomic E-state index is 0.0373. The standard InChI is InChI=1S/C25H20ClNO4/c1-2-31-20-14-8-17(9-15-20)23(28)21-22(16-6-4-3-5-7-16)27(25(30)24(21)29)19-12-10-18(26)11-13-19/h3-15,22,28H,2H2,1H3/b23-21+. The Morgan fingerprint density at radius 3 is 2.23 bits per heavy atom. The molecule has 1 heterocycles. The molecule has 0 aromatic heterocycles.